The predicted octanol–water partition coefficient (Wildman–Crippen LogP) is 2.95. The molecule has 0 aromatic heterocycles. The second-order valence-corrected chi connectivity index (χ2v) is 11.7. The lowest BCUT2D eigenvalue weighted by atomic mass is 9.43. The Morgan fingerprint density at radius 3 is 2.57 bits per heavy atom. The first-order chi connectivity index (χ1) is 14.4. The van der Waals surface area contributed by atoms with Crippen molar-refractivity contribution in [3.05, 3.63) is 0 Å². The van der Waals surface area contributed by atoms with Crippen molar-refractivity contribution in [1.82, 2.24) is 4.90 Å². The SMILES string of the molecule is CCO[C@@]12C[C@@H](OC)[C@@H]3C[C@@H]([C@H]1[C@H]3O)[C@]13[C@@H]4C[C@H]2[C@H]1N(CC)C[C@]4(C)CC[C@H]3OC. The number of piperidine rings is 1. The Morgan fingerprint density at radius 1 is 1.10 bits per heavy atom. The zero-order chi connectivity index (χ0) is 21.1. The number of hydrogen-bond donors (Lipinski definition) is 1. The first-order valence-corrected chi connectivity index (χ1v) is 12.5. The van der Waals surface area contributed by atoms with Crippen LogP contribution in [0.3, 0.4) is 0 Å². The van der Waals surface area contributed by atoms with Gasteiger partial charge in [0.15, 0.2) is 0 Å². The van der Waals surface area contributed by atoms with Crippen LogP contribution in [0.15, 0.2) is 0 Å². The van der Waals surface area contributed by atoms with Crippen LogP contribution in [-0.4, -0.2) is 73.9 Å². The van der Waals surface area contributed by atoms with E-state index in [0.717, 1.165) is 26.0 Å². The molecule has 0 unspecified atom stereocenters. The van der Waals surface area contributed by atoms with Crippen molar-refractivity contribution < 1.29 is 19.3 Å². The number of aliphatic hydroxyl groups is 1. The highest BCUT2D eigenvalue weighted by atomic mass is 16.5. The van der Waals surface area contributed by atoms with Gasteiger partial charge in [-0.1, -0.05) is 13.8 Å². The fourth-order valence-corrected chi connectivity index (χ4v) is 10.9. The van der Waals surface area contributed by atoms with E-state index >= 15 is 0 Å². The molecule has 170 valence electrons. The van der Waals surface area contributed by atoms with Crippen LogP contribution < -0.4 is 0 Å². The lowest BCUT2D eigenvalue weighted by molar-refractivity contribution is -0.280. The summed E-state index contributed by atoms with van der Waals surface area (Å²) in [5.74, 6) is 2.09. The first kappa shape index (κ1) is 20.4. The van der Waals surface area contributed by atoms with Gasteiger partial charge in [0.05, 0.1) is 23.9 Å². The first-order valence-electron chi connectivity index (χ1n) is 12.5. The van der Waals surface area contributed by atoms with E-state index in [1.165, 1.54) is 25.8 Å². The number of hydrogen-bond acceptors (Lipinski definition) is 5. The standard InChI is InChI=1S/C25H41NO4/c1-6-26-13-23(3)9-8-19(29-5)25-15-10-14-17(28-4)12-24(30-7-2,20(15)21(14)27)16(22(25)26)11-18(23)25/h14-22,27H,6-13H2,1-5H3/t14-,15-,16-,17+,18+,19+,20-,21-,22+,23-,24+,25+/m0/s1. The fourth-order valence-electron chi connectivity index (χ4n) is 10.9. The molecule has 1 heterocycles. The number of nitrogens with zero attached hydrogens (tertiary/aromatic N) is 1. The Bertz CT molecular complexity index is 717. The summed E-state index contributed by atoms with van der Waals surface area (Å²) in [6.45, 7) is 10.1. The van der Waals surface area contributed by atoms with Crippen molar-refractivity contribution in [3.8, 4) is 0 Å². The smallest absolute Gasteiger partial charge is 0.0806 e. The third-order valence-corrected chi connectivity index (χ3v) is 11.3. The predicted molar refractivity (Wildman–Crippen MR) is 114 cm³/mol. The summed E-state index contributed by atoms with van der Waals surface area (Å²) >= 11 is 0. The fraction of sp³-hybridized carbons (Fsp3) is 1.00. The van der Waals surface area contributed by atoms with Crippen LogP contribution in [-0.2, 0) is 14.2 Å². The van der Waals surface area contributed by atoms with Gasteiger partial charge >= 0.3 is 0 Å². The topological polar surface area (TPSA) is 51.2 Å². The Labute approximate surface area is 181 Å². The average molecular weight is 420 g/mol. The third-order valence-electron chi connectivity index (χ3n) is 11.3. The second-order valence-electron chi connectivity index (χ2n) is 11.7. The summed E-state index contributed by atoms with van der Waals surface area (Å²) < 4.78 is 19.2. The van der Waals surface area contributed by atoms with E-state index in [2.05, 4.69) is 25.7 Å². The number of rotatable bonds is 5. The van der Waals surface area contributed by atoms with Crippen molar-refractivity contribution in [2.24, 2.45) is 40.4 Å². The van der Waals surface area contributed by atoms with Gasteiger partial charge in [-0.15, -0.1) is 0 Å². The van der Waals surface area contributed by atoms with Crippen molar-refractivity contribution >= 4 is 0 Å². The molecule has 5 aliphatic carbocycles. The van der Waals surface area contributed by atoms with Gasteiger partial charge in [0, 0.05) is 63.0 Å². The lowest BCUT2D eigenvalue weighted by Crippen LogP contribution is -2.76. The molecule has 1 N–H and O–H groups in total. The minimum atomic E-state index is -0.306. The van der Waals surface area contributed by atoms with Crippen molar-refractivity contribution in [2.75, 3.05) is 33.9 Å². The van der Waals surface area contributed by atoms with Crippen LogP contribution in [0.4, 0.5) is 0 Å². The third kappa shape index (κ3) is 2.00. The van der Waals surface area contributed by atoms with E-state index in [-0.39, 0.29) is 35.1 Å². The minimum absolute atomic E-state index is 0.106. The zero-order valence-corrected chi connectivity index (χ0v) is 19.5. The largest absolute Gasteiger partial charge is 0.392 e. The number of methoxy groups -OCH3 is 2. The van der Waals surface area contributed by atoms with E-state index in [4.69, 9.17) is 14.2 Å². The van der Waals surface area contributed by atoms with Gasteiger partial charge in [0.2, 0.25) is 0 Å². The van der Waals surface area contributed by atoms with E-state index in [0.29, 0.717) is 35.3 Å². The van der Waals surface area contributed by atoms with E-state index in [1.807, 2.05) is 14.2 Å². The maximum absolute atomic E-state index is 11.7. The molecule has 6 rings (SSSR count). The second kappa shape index (κ2) is 6.44. The molecule has 5 saturated carbocycles. The van der Waals surface area contributed by atoms with E-state index in [1.54, 1.807) is 0 Å². The summed E-state index contributed by atoms with van der Waals surface area (Å²) in [5.41, 5.74) is 0.257. The molecule has 30 heavy (non-hydrogen) atoms. The Hall–Kier alpha value is -0.200. The number of aliphatic hydroxyl groups excluding tert-OH is 1. The van der Waals surface area contributed by atoms with Gasteiger partial charge in [-0.3, -0.25) is 4.90 Å². The van der Waals surface area contributed by atoms with Crippen LogP contribution in [0.1, 0.15) is 52.9 Å². The van der Waals surface area contributed by atoms with Gasteiger partial charge in [-0.25, -0.2) is 0 Å². The lowest BCUT2D eigenvalue weighted by Gasteiger charge is -2.69. The quantitative estimate of drug-likeness (QED) is 0.743. The molecule has 0 aromatic carbocycles. The molecule has 0 aromatic rings. The van der Waals surface area contributed by atoms with Gasteiger partial charge in [0.25, 0.3) is 0 Å². The number of fused-ring (bicyclic) bond motifs is 2. The molecule has 5 nitrogen and oxygen atoms in total. The molecule has 7 bridgehead atoms. The van der Waals surface area contributed by atoms with E-state index < -0.39 is 0 Å². The Morgan fingerprint density at radius 2 is 1.90 bits per heavy atom. The molecule has 1 spiro atoms. The molecule has 5 heteroatoms. The van der Waals surface area contributed by atoms with E-state index in [9.17, 15) is 5.11 Å². The molecule has 1 saturated heterocycles. The van der Waals surface area contributed by atoms with Crippen molar-refractivity contribution in [3.63, 3.8) is 0 Å². The van der Waals surface area contributed by atoms with Gasteiger partial charge in [-0.05, 0) is 56.4 Å². The highest BCUT2D eigenvalue weighted by molar-refractivity contribution is 5.33. The Balaban J connectivity index is 1.60. The summed E-state index contributed by atoms with van der Waals surface area (Å²) in [4.78, 5) is 2.82. The maximum Gasteiger partial charge on any atom is 0.0806 e. The Kier molecular flexibility index (Phi) is 4.38. The summed E-state index contributed by atoms with van der Waals surface area (Å²) in [6, 6.07) is 0.514. The summed E-state index contributed by atoms with van der Waals surface area (Å²) in [7, 11) is 3.78. The molecule has 12 atom stereocenters. The molecular formula is C25H41NO4. The normalized spacial score (nSPS) is 60.8. The number of likely N-dealkylation sites (tertiary alicyclic amines) is 1. The summed E-state index contributed by atoms with van der Waals surface area (Å²) in [5, 5.41) is 11.7. The van der Waals surface area contributed by atoms with Crippen LogP contribution in [0, 0.1) is 40.4 Å². The highest BCUT2D eigenvalue weighted by Crippen LogP contribution is 2.79. The number of ether oxygens (including phenoxy) is 3. The highest BCUT2D eigenvalue weighted by Gasteiger charge is 2.83. The molecule has 6 aliphatic rings. The summed E-state index contributed by atoms with van der Waals surface area (Å²) in [6.07, 6.45) is 5.80. The molecule has 1 aliphatic heterocycles. The molecule has 0 radical (unpaired) electrons. The van der Waals surface area contributed by atoms with Gasteiger partial charge in [0.1, 0.15) is 0 Å². The average Bonchev–Trinajstić information content (AvgIpc) is 3.15. The van der Waals surface area contributed by atoms with Crippen molar-refractivity contribution in [2.45, 2.75) is 82.8 Å². The van der Waals surface area contributed by atoms with Gasteiger partial charge < -0.3 is 19.3 Å². The van der Waals surface area contributed by atoms with Crippen LogP contribution in [0.25, 0.3) is 0 Å². The van der Waals surface area contributed by atoms with Crippen molar-refractivity contribution in [1.29, 1.82) is 0 Å². The molecule has 6 fully saturated rings. The zero-order valence-electron chi connectivity index (χ0n) is 19.5. The van der Waals surface area contributed by atoms with Crippen LogP contribution in [0.5, 0.6) is 0 Å². The van der Waals surface area contributed by atoms with Crippen LogP contribution in [0.2, 0.25) is 0 Å². The minimum Gasteiger partial charge on any atom is -0.392 e. The maximum atomic E-state index is 11.7. The molecule has 0 amide bonds. The monoisotopic (exact) mass is 419 g/mol. The van der Waals surface area contributed by atoms with Crippen LogP contribution >= 0.6 is 0 Å². The van der Waals surface area contributed by atoms with Gasteiger partial charge in [-0.2, -0.15) is 0 Å². The molecular weight excluding hydrogens is 378 g/mol.